The number of benzene rings is 2. The molecule has 158 valence electrons. The van der Waals surface area contributed by atoms with E-state index in [9.17, 15) is 4.79 Å². The molecular weight excluding hydrogens is 380 g/mol. The van der Waals surface area contributed by atoms with E-state index in [0.29, 0.717) is 12.2 Å². The molecule has 0 aliphatic rings. The van der Waals surface area contributed by atoms with Crippen LogP contribution in [0.15, 0.2) is 48.5 Å². The Hall–Kier alpha value is -3.12. The van der Waals surface area contributed by atoms with Crippen molar-refractivity contribution in [2.24, 2.45) is 0 Å². The first-order valence-electron chi connectivity index (χ1n) is 9.93. The average molecular weight is 408 g/mol. The van der Waals surface area contributed by atoms with E-state index < -0.39 is 0 Å². The van der Waals surface area contributed by atoms with Gasteiger partial charge in [-0.2, -0.15) is 5.10 Å². The summed E-state index contributed by atoms with van der Waals surface area (Å²) in [4.78, 5) is 11.6. The Kier molecular flexibility index (Phi) is 6.57. The SMILES string of the molecule is CCOCOc1ccc(-c2cc(-c3ccc(C(=O)OC)cc3)[nH]n2)cc1C(C)(C)C. The molecule has 1 N–H and O–H groups in total. The van der Waals surface area contributed by atoms with E-state index in [-0.39, 0.29) is 18.2 Å². The van der Waals surface area contributed by atoms with E-state index in [1.807, 2.05) is 37.3 Å². The Morgan fingerprint density at radius 3 is 2.37 bits per heavy atom. The van der Waals surface area contributed by atoms with E-state index in [1.165, 1.54) is 7.11 Å². The van der Waals surface area contributed by atoms with Crippen molar-refractivity contribution in [3.05, 3.63) is 59.7 Å². The van der Waals surface area contributed by atoms with Crippen LogP contribution in [0.3, 0.4) is 0 Å². The van der Waals surface area contributed by atoms with E-state index >= 15 is 0 Å². The molecule has 30 heavy (non-hydrogen) atoms. The number of methoxy groups -OCH3 is 1. The first-order valence-corrected chi connectivity index (χ1v) is 9.93. The Labute approximate surface area is 177 Å². The second kappa shape index (κ2) is 9.13. The fourth-order valence-electron chi connectivity index (χ4n) is 3.11. The van der Waals surface area contributed by atoms with Crippen molar-refractivity contribution in [2.75, 3.05) is 20.5 Å². The zero-order valence-corrected chi connectivity index (χ0v) is 18.1. The Balaban J connectivity index is 1.88. The van der Waals surface area contributed by atoms with Crippen molar-refractivity contribution in [1.82, 2.24) is 10.2 Å². The number of nitrogens with one attached hydrogen (secondary N) is 1. The van der Waals surface area contributed by atoms with Crippen LogP contribution in [-0.4, -0.2) is 36.7 Å². The molecule has 0 saturated carbocycles. The van der Waals surface area contributed by atoms with Gasteiger partial charge in [0.25, 0.3) is 0 Å². The number of rotatable bonds is 7. The number of H-pyrrole nitrogens is 1. The van der Waals surface area contributed by atoms with Gasteiger partial charge in [0.05, 0.1) is 24.1 Å². The van der Waals surface area contributed by atoms with Gasteiger partial charge in [-0.15, -0.1) is 0 Å². The van der Waals surface area contributed by atoms with Gasteiger partial charge in [-0.1, -0.05) is 32.9 Å². The van der Waals surface area contributed by atoms with Crippen molar-refractivity contribution in [1.29, 1.82) is 0 Å². The molecule has 6 nitrogen and oxygen atoms in total. The van der Waals surface area contributed by atoms with Gasteiger partial charge in [-0.25, -0.2) is 4.79 Å². The summed E-state index contributed by atoms with van der Waals surface area (Å²) in [6, 6.07) is 15.3. The summed E-state index contributed by atoms with van der Waals surface area (Å²) >= 11 is 0. The smallest absolute Gasteiger partial charge is 0.337 e. The highest BCUT2D eigenvalue weighted by Crippen LogP contribution is 2.35. The summed E-state index contributed by atoms with van der Waals surface area (Å²) in [7, 11) is 1.37. The normalized spacial score (nSPS) is 11.4. The van der Waals surface area contributed by atoms with Gasteiger partial charge in [0.2, 0.25) is 0 Å². The molecule has 0 unspecified atom stereocenters. The zero-order chi connectivity index (χ0) is 21.7. The Bertz CT molecular complexity index is 1000. The van der Waals surface area contributed by atoms with E-state index in [4.69, 9.17) is 14.2 Å². The van der Waals surface area contributed by atoms with E-state index in [1.54, 1.807) is 12.1 Å². The molecule has 0 aliphatic carbocycles. The van der Waals surface area contributed by atoms with Crippen LogP contribution in [0.2, 0.25) is 0 Å². The van der Waals surface area contributed by atoms with Crippen LogP contribution < -0.4 is 4.74 Å². The highest BCUT2D eigenvalue weighted by molar-refractivity contribution is 5.89. The fraction of sp³-hybridized carbons (Fsp3) is 0.333. The van der Waals surface area contributed by atoms with Gasteiger partial charge in [0, 0.05) is 17.7 Å². The lowest BCUT2D eigenvalue weighted by molar-refractivity contribution is 0.0214. The van der Waals surface area contributed by atoms with Crippen molar-refractivity contribution in [3.8, 4) is 28.3 Å². The summed E-state index contributed by atoms with van der Waals surface area (Å²) in [6.45, 7) is 9.23. The highest BCUT2D eigenvalue weighted by atomic mass is 16.7. The van der Waals surface area contributed by atoms with Crippen LogP contribution in [0.25, 0.3) is 22.5 Å². The predicted octanol–water partition coefficient (Wildman–Crippen LogP) is 5.20. The fourth-order valence-corrected chi connectivity index (χ4v) is 3.11. The summed E-state index contributed by atoms with van der Waals surface area (Å²) in [6.07, 6.45) is 0. The first-order chi connectivity index (χ1) is 14.3. The summed E-state index contributed by atoms with van der Waals surface area (Å²) < 4.78 is 15.9. The van der Waals surface area contributed by atoms with Crippen molar-refractivity contribution >= 4 is 5.97 Å². The third-order valence-corrected chi connectivity index (χ3v) is 4.78. The standard InChI is InChI=1S/C24H28N2O4/c1-6-29-15-30-22-12-11-18(13-19(22)24(2,3)4)21-14-20(25-26-21)16-7-9-17(10-8-16)23(27)28-5/h7-14H,6,15H2,1-5H3,(H,25,26). The number of nitrogens with zero attached hydrogens (tertiary/aromatic N) is 1. The Morgan fingerprint density at radius 2 is 1.73 bits per heavy atom. The number of aromatic amines is 1. The first kappa shape index (κ1) is 21.6. The molecule has 3 aromatic rings. The second-order valence-electron chi connectivity index (χ2n) is 7.95. The molecule has 0 amide bonds. The summed E-state index contributed by atoms with van der Waals surface area (Å²) in [5.41, 5.74) is 5.15. The molecule has 2 aromatic carbocycles. The largest absolute Gasteiger partial charge is 0.467 e. The topological polar surface area (TPSA) is 73.4 Å². The summed E-state index contributed by atoms with van der Waals surface area (Å²) in [5, 5.41) is 7.56. The molecular formula is C24H28N2O4. The van der Waals surface area contributed by atoms with Crippen molar-refractivity contribution in [2.45, 2.75) is 33.1 Å². The van der Waals surface area contributed by atoms with Gasteiger partial charge < -0.3 is 14.2 Å². The van der Waals surface area contributed by atoms with Crippen molar-refractivity contribution < 1.29 is 19.0 Å². The molecule has 1 heterocycles. The van der Waals surface area contributed by atoms with Gasteiger partial charge in [-0.05, 0) is 54.3 Å². The number of hydrogen-bond donors (Lipinski definition) is 1. The molecule has 0 aliphatic heterocycles. The van der Waals surface area contributed by atoms with Crippen LogP contribution >= 0.6 is 0 Å². The lowest BCUT2D eigenvalue weighted by atomic mass is 9.85. The van der Waals surface area contributed by atoms with E-state index in [0.717, 1.165) is 33.8 Å². The van der Waals surface area contributed by atoms with Crippen molar-refractivity contribution in [3.63, 3.8) is 0 Å². The molecule has 0 fully saturated rings. The van der Waals surface area contributed by atoms with Crippen LogP contribution in [0, 0.1) is 0 Å². The average Bonchev–Trinajstić information content (AvgIpc) is 3.23. The Morgan fingerprint density at radius 1 is 1.03 bits per heavy atom. The number of ether oxygens (including phenoxy) is 3. The quantitative estimate of drug-likeness (QED) is 0.330. The lowest BCUT2D eigenvalue weighted by Crippen LogP contribution is -2.14. The van der Waals surface area contributed by atoms with Gasteiger partial charge in [0.1, 0.15) is 5.75 Å². The van der Waals surface area contributed by atoms with E-state index in [2.05, 4.69) is 37.0 Å². The minimum absolute atomic E-state index is 0.0968. The third-order valence-electron chi connectivity index (χ3n) is 4.78. The maximum absolute atomic E-state index is 11.6. The van der Waals surface area contributed by atoms with Crippen LogP contribution in [0.5, 0.6) is 5.75 Å². The molecule has 1 aromatic heterocycles. The molecule has 6 heteroatoms. The zero-order valence-electron chi connectivity index (χ0n) is 18.1. The molecule has 3 rings (SSSR count). The van der Waals surface area contributed by atoms with Gasteiger partial charge in [-0.3, -0.25) is 5.10 Å². The number of carbonyl (C=O) groups excluding carboxylic acids is 1. The predicted molar refractivity (Wildman–Crippen MR) is 117 cm³/mol. The monoisotopic (exact) mass is 408 g/mol. The number of aromatic nitrogens is 2. The summed E-state index contributed by atoms with van der Waals surface area (Å²) in [5.74, 6) is 0.460. The van der Waals surface area contributed by atoms with Crippen LogP contribution in [-0.2, 0) is 14.9 Å². The molecule has 0 bridgehead atoms. The van der Waals surface area contributed by atoms with Gasteiger partial charge in [0.15, 0.2) is 6.79 Å². The third kappa shape index (κ3) is 4.89. The number of hydrogen-bond acceptors (Lipinski definition) is 5. The molecule has 0 atom stereocenters. The minimum atomic E-state index is -0.354. The molecule has 0 spiro atoms. The molecule has 0 radical (unpaired) electrons. The second-order valence-corrected chi connectivity index (χ2v) is 7.95. The molecule has 0 saturated heterocycles. The number of carbonyl (C=O) groups is 1. The highest BCUT2D eigenvalue weighted by Gasteiger charge is 2.21. The maximum Gasteiger partial charge on any atom is 0.337 e. The van der Waals surface area contributed by atoms with Crippen LogP contribution in [0.1, 0.15) is 43.6 Å². The minimum Gasteiger partial charge on any atom is -0.467 e. The van der Waals surface area contributed by atoms with Gasteiger partial charge >= 0.3 is 5.97 Å². The van der Waals surface area contributed by atoms with Crippen LogP contribution in [0.4, 0.5) is 0 Å². The maximum atomic E-state index is 11.6. The lowest BCUT2D eigenvalue weighted by Gasteiger charge is -2.23. The number of esters is 1.